The molecule has 10 nitrogen and oxygen atoms in total. The Morgan fingerprint density at radius 2 is 0.484 bits per heavy atom. The lowest BCUT2D eigenvalue weighted by atomic mass is 9.78. The first-order chi connectivity index (χ1) is 29.6. The first kappa shape index (κ1) is 42.2. The van der Waals surface area contributed by atoms with Crippen molar-refractivity contribution < 1.29 is 48.3 Å². The Balaban J connectivity index is 0.877. The maximum Gasteiger partial charge on any atom is 0.343 e. The van der Waals surface area contributed by atoms with Crippen molar-refractivity contribution in [3.05, 3.63) is 214 Å². The molecule has 0 saturated carbocycles. The van der Waals surface area contributed by atoms with E-state index in [-0.39, 0.29) is 56.1 Å². The summed E-state index contributed by atoms with van der Waals surface area (Å²) in [5, 5.41) is 19.3. The lowest BCUT2D eigenvalue weighted by Crippen LogP contribution is -2.18. The van der Waals surface area contributed by atoms with E-state index in [1.807, 2.05) is 48.5 Å². The van der Waals surface area contributed by atoms with Crippen molar-refractivity contribution in [2.24, 2.45) is 0 Å². The van der Waals surface area contributed by atoms with Crippen molar-refractivity contribution in [2.45, 2.75) is 38.5 Å². The van der Waals surface area contributed by atoms with Gasteiger partial charge in [-0.25, -0.2) is 19.2 Å². The highest BCUT2D eigenvalue weighted by molar-refractivity contribution is 5.95. The highest BCUT2D eigenvalue weighted by atomic mass is 16.5. The van der Waals surface area contributed by atoms with Gasteiger partial charge in [0.1, 0.15) is 34.5 Å². The molecule has 7 rings (SSSR count). The fourth-order valence-electron chi connectivity index (χ4n) is 6.69. The molecular formula is C52H42O10. The second-order valence-corrected chi connectivity index (χ2v) is 15.6. The molecule has 10 heteroatoms. The van der Waals surface area contributed by atoms with Crippen LogP contribution >= 0.6 is 0 Å². The fraction of sp³-hybridized carbons (Fsp3) is 0.115. The van der Waals surface area contributed by atoms with Crippen LogP contribution in [0.3, 0.4) is 0 Å². The summed E-state index contributed by atoms with van der Waals surface area (Å²) in [4.78, 5) is 51.5. The number of carbonyl (C=O) groups is 4. The smallest absolute Gasteiger partial charge is 0.343 e. The second kappa shape index (κ2) is 17.7. The van der Waals surface area contributed by atoms with Crippen LogP contribution in [-0.2, 0) is 10.8 Å². The van der Waals surface area contributed by atoms with E-state index in [1.54, 1.807) is 48.5 Å². The first-order valence-corrected chi connectivity index (χ1v) is 19.6. The molecule has 0 atom stereocenters. The Labute approximate surface area is 358 Å². The third-order valence-corrected chi connectivity index (χ3v) is 10.7. The van der Waals surface area contributed by atoms with Gasteiger partial charge in [-0.3, -0.25) is 0 Å². The number of rotatable bonds is 12. The summed E-state index contributed by atoms with van der Waals surface area (Å²) in [6.45, 7) is 8.27. The SMILES string of the molecule is CC(C)(c1ccc(O)cc1)c1ccc(OC(=O)c2ccc(OC(=O)c3ccc(C(=O)Oc4ccc(C(=O)Oc5ccc(C(C)(C)c6ccc(O)cc6)cc5)cc4)cc3)cc2)cc1. The molecule has 0 fully saturated rings. The third-order valence-electron chi connectivity index (χ3n) is 10.7. The van der Waals surface area contributed by atoms with Crippen molar-refractivity contribution in [1.82, 2.24) is 0 Å². The number of hydrogen-bond acceptors (Lipinski definition) is 10. The number of carbonyl (C=O) groups excluding carboxylic acids is 4. The van der Waals surface area contributed by atoms with Gasteiger partial charge in [-0.15, -0.1) is 0 Å². The molecule has 0 bridgehead atoms. The van der Waals surface area contributed by atoms with Gasteiger partial charge in [-0.2, -0.15) is 0 Å². The Hall–Kier alpha value is -7.98. The van der Waals surface area contributed by atoms with Crippen LogP contribution in [0.1, 0.15) is 91.4 Å². The number of benzene rings is 7. The third kappa shape index (κ3) is 9.72. The number of phenolic OH excluding ortho intramolecular Hbond substituents is 2. The summed E-state index contributed by atoms with van der Waals surface area (Å²) in [5.74, 6) is -0.985. The average Bonchev–Trinajstić information content (AvgIpc) is 3.27. The number of ether oxygens (including phenoxy) is 4. The summed E-state index contributed by atoms with van der Waals surface area (Å²) < 4.78 is 22.1. The minimum atomic E-state index is -0.674. The zero-order chi connectivity index (χ0) is 44.0. The molecule has 62 heavy (non-hydrogen) atoms. The zero-order valence-corrected chi connectivity index (χ0v) is 34.3. The summed E-state index contributed by atoms with van der Waals surface area (Å²) in [6.07, 6.45) is 0. The molecule has 0 amide bonds. The van der Waals surface area contributed by atoms with Crippen LogP contribution < -0.4 is 18.9 Å². The lowest BCUT2D eigenvalue weighted by molar-refractivity contribution is 0.0717. The van der Waals surface area contributed by atoms with Gasteiger partial charge in [-0.1, -0.05) is 76.2 Å². The zero-order valence-electron chi connectivity index (χ0n) is 34.3. The number of esters is 4. The van der Waals surface area contributed by atoms with Gasteiger partial charge >= 0.3 is 23.9 Å². The Kier molecular flexibility index (Phi) is 12.0. The molecular weight excluding hydrogens is 785 g/mol. The Morgan fingerprint density at radius 1 is 0.306 bits per heavy atom. The predicted molar refractivity (Wildman–Crippen MR) is 233 cm³/mol. The molecule has 2 N–H and O–H groups in total. The number of phenols is 2. The summed E-state index contributed by atoms with van der Waals surface area (Å²) >= 11 is 0. The molecule has 0 aliphatic rings. The van der Waals surface area contributed by atoms with Gasteiger partial charge in [0.25, 0.3) is 0 Å². The largest absolute Gasteiger partial charge is 0.508 e. The normalized spacial score (nSPS) is 11.3. The molecule has 0 aliphatic heterocycles. The van der Waals surface area contributed by atoms with Gasteiger partial charge in [0.15, 0.2) is 0 Å². The van der Waals surface area contributed by atoms with E-state index in [0.29, 0.717) is 11.5 Å². The molecule has 7 aromatic carbocycles. The monoisotopic (exact) mass is 826 g/mol. The Morgan fingerprint density at radius 3 is 0.710 bits per heavy atom. The van der Waals surface area contributed by atoms with E-state index in [9.17, 15) is 29.4 Å². The van der Waals surface area contributed by atoms with Crippen molar-refractivity contribution in [1.29, 1.82) is 0 Å². The topological polar surface area (TPSA) is 146 Å². The minimum Gasteiger partial charge on any atom is -0.508 e. The van der Waals surface area contributed by atoms with Crippen LogP contribution in [0.5, 0.6) is 34.5 Å². The average molecular weight is 827 g/mol. The van der Waals surface area contributed by atoms with Crippen molar-refractivity contribution in [3.63, 3.8) is 0 Å². The molecule has 0 aromatic heterocycles. The maximum absolute atomic E-state index is 12.9. The van der Waals surface area contributed by atoms with Crippen LogP contribution in [0, 0.1) is 0 Å². The second-order valence-electron chi connectivity index (χ2n) is 15.6. The maximum atomic E-state index is 12.9. The van der Waals surface area contributed by atoms with Crippen molar-refractivity contribution in [2.75, 3.05) is 0 Å². The first-order valence-electron chi connectivity index (χ1n) is 19.6. The van der Waals surface area contributed by atoms with Crippen molar-refractivity contribution in [3.8, 4) is 34.5 Å². The van der Waals surface area contributed by atoms with Crippen LogP contribution in [0.25, 0.3) is 0 Å². The van der Waals surface area contributed by atoms with E-state index >= 15 is 0 Å². The summed E-state index contributed by atoms with van der Waals surface area (Å²) in [6, 6.07) is 46.1. The van der Waals surface area contributed by atoms with E-state index in [0.717, 1.165) is 22.3 Å². The molecule has 0 unspecified atom stereocenters. The fourth-order valence-corrected chi connectivity index (χ4v) is 6.69. The van der Waals surface area contributed by atoms with E-state index in [1.165, 1.54) is 72.8 Å². The number of hydrogen-bond donors (Lipinski definition) is 2. The molecule has 0 aliphatic carbocycles. The van der Waals surface area contributed by atoms with Crippen LogP contribution in [0.15, 0.2) is 170 Å². The van der Waals surface area contributed by atoms with Crippen LogP contribution in [0.2, 0.25) is 0 Å². The lowest BCUT2D eigenvalue weighted by Gasteiger charge is -2.26. The van der Waals surface area contributed by atoms with Crippen molar-refractivity contribution >= 4 is 23.9 Å². The summed E-state index contributed by atoms with van der Waals surface area (Å²) in [5.41, 5.74) is 4.22. The van der Waals surface area contributed by atoms with E-state index < -0.39 is 23.9 Å². The van der Waals surface area contributed by atoms with Crippen LogP contribution in [-0.4, -0.2) is 34.1 Å². The highest BCUT2D eigenvalue weighted by Crippen LogP contribution is 2.35. The van der Waals surface area contributed by atoms with Gasteiger partial charge < -0.3 is 29.2 Å². The molecule has 0 heterocycles. The molecule has 310 valence electrons. The van der Waals surface area contributed by atoms with Gasteiger partial charge in [0.05, 0.1) is 22.3 Å². The van der Waals surface area contributed by atoms with E-state index in [4.69, 9.17) is 18.9 Å². The highest BCUT2D eigenvalue weighted by Gasteiger charge is 2.25. The van der Waals surface area contributed by atoms with E-state index in [2.05, 4.69) is 27.7 Å². The standard InChI is InChI=1S/C52H42O10/c1-51(2,37-13-21-41(53)22-14-37)39-17-29-45(30-18-39)61-49(57)35-9-25-43(26-10-35)59-47(55)33-5-7-34(8-6-33)48(56)60-44-27-11-36(12-28-44)50(58)62-46-31-19-40(20-32-46)52(3,4)38-15-23-42(54)24-16-38/h5-32,53-54H,1-4H3. The van der Waals surface area contributed by atoms with Gasteiger partial charge in [0.2, 0.25) is 0 Å². The predicted octanol–water partition coefficient (Wildman–Crippen LogP) is 10.6. The molecule has 0 spiro atoms. The Bertz CT molecular complexity index is 2510. The summed E-state index contributed by atoms with van der Waals surface area (Å²) in [7, 11) is 0. The molecule has 7 aromatic rings. The quantitative estimate of drug-likeness (QED) is 0.0901. The minimum absolute atomic E-state index is 0.181. The number of aromatic hydroxyl groups is 2. The molecule has 0 radical (unpaired) electrons. The van der Waals surface area contributed by atoms with Gasteiger partial charge in [-0.05, 0) is 144 Å². The molecule has 0 saturated heterocycles. The van der Waals surface area contributed by atoms with Gasteiger partial charge in [0, 0.05) is 10.8 Å². The van der Waals surface area contributed by atoms with Crippen LogP contribution in [0.4, 0.5) is 0 Å².